The van der Waals surface area contributed by atoms with Crippen molar-refractivity contribution in [3.8, 4) is 0 Å². The summed E-state index contributed by atoms with van der Waals surface area (Å²) >= 11 is 0. The Balaban J connectivity index is 1.30. The lowest BCUT2D eigenvalue weighted by Crippen LogP contribution is -2.57. The van der Waals surface area contributed by atoms with Gasteiger partial charge in [-0.1, -0.05) is 0 Å². The molecule has 5 rings (SSSR count). The molecule has 0 aromatic heterocycles. The molecule has 0 aromatic rings. The standard InChI is InChI=1S/C17H29N3O/c18-15-1-3-20(4-2-15)10-16(21)19-17-13-6-11-5-12(8-13)9-14(17)7-11/h11-15,17H,1-10,18H2,(H,19,21). The molecule has 21 heavy (non-hydrogen) atoms. The van der Waals surface area contributed by atoms with Crippen molar-refractivity contribution in [1.29, 1.82) is 0 Å². The number of amides is 1. The molecule has 4 aliphatic carbocycles. The predicted molar refractivity (Wildman–Crippen MR) is 82.6 cm³/mol. The zero-order chi connectivity index (χ0) is 14.4. The van der Waals surface area contributed by atoms with Gasteiger partial charge in [-0.3, -0.25) is 9.69 Å². The fourth-order valence-corrected chi connectivity index (χ4v) is 5.71. The van der Waals surface area contributed by atoms with E-state index in [4.69, 9.17) is 5.73 Å². The molecule has 1 heterocycles. The first-order valence-electron chi connectivity index (χ1n) is 8.94. The first-order valence-corrected chi connectivity index (χ1v) is 8.94. The number of hydrogen-bond donors (Lipinski definition) is 2. The molecule has 1 aliphatic heterocycles. The molecule has 1 saturated heterocycles. The molecular weight excluding hydrogens is 262 g/mol. The van der Waals surface area contributed by atoms with Crippen LogP contribution in [0.3, 0.4) is 0 Å². The normalized spacial score (nSPS) is 43.2. The Morgan fingerprint density at radius 2 is 1.57 bits per heavy atom. The van der Waals surface area contributed by atoms with E-state index in [1.165, 1.54) is 32.1 Å². The Morgan fingerprint density at radius 1 is 1.00 bits per heavy atom. The van der Waals surface area contributed by atoms with E-state index < -0.39 is 0 Å². The van der Waals surface area contributed by atoms with Crippen molar-refractivity contribution >= 4 is 5.91 Å². The zero-order valence-corrected chi connectivity index (χ0v) is 13.0. The van der Waals surface area contributed by atoms with Crippen molar-refractivity contribution in [2.24, 2.45) is 29.4 Å². The first kappa shape index (κ1) is 14.0. The van der Waals surface area contributed by atoms with E-state index in [1.54, 1.807) is 0 Å². The number of piperidine rings is 1. The van der Waals surface area contributed by atoms with Crippen LogP contribution in [0.4, 0.5) is 0 Å². The van der Waals surface area contributed by atoms with Gasteiger partial charge in [0.2, 0.25) is 5.91 Å². The van der Waals surface area contributed by atoms with E-state index in [1.807, 2.05) is 0 Å². The lowest BCUT2D eigenvalue weighted by atomic mass is 9.54. The van der Waals surface area contributed by atoms with Crippen LogP contribution in [-0.4, -0.2) is 42.5 Å². The quantitative estimate of drug-likeness (QED) is 0.825. The molecule has 0 radical (unpaired) electrons. The third-order valence-electron chi connectivity index (χ3n) is 6.55. The molecule has 0 aromatic carbocycles. The molecule has 4 saturated carbocycles. The maximum atomic E-state index is 12.4. The van der Waals surface area contributed by atoms with Gasteiger partial charge in [0.25, 0.3) is 0 Å². The summed E-state index contributed by atoms with van der Waals surface area (Å²) in [6.07, 6.45) is 9.03. The molecule has 118 valence electrons. The second kappa shape index (κ2) is 5.54. The minimum Gasteiger partial charge on any atom is -0.352 e. The molecule has 0 spiro atoms. The van der Waals surface area contributed by atoms with Crippen LogP contribution in [-0.2, 0) is 4.79 Å². The average Bonchev–Trinajstić information content (AvgIpc) is 2.45. The van der Waals surface area contributed by atoms with Gasteiger partial charge in [0.1, 0.15) is 0 Å². The summed E-state index contributed by atoms with van der Waals surface area (Å²) in [5.74, 6) is 3.76. The average molecular weight is 291 g/mol. The summed E-state index contributed by atoms with van der Waals surface area (Å²) in [7, 11) is 0. The molecule has 0 atom stereocenters. The van der Waals surface area contributed by atoms with Crippen LogP contribution < -0.4 is 11.1 Å². The summed E-state index contributed by atoms with van der Waals surface area (Å²) in [4.78, 5) is 14.7. The van der Waals surface area contributed by atoms with Crippen molar-refractivity contribution in [3.63, 3.8) is 0 Å². The van der Waals surface area contributed by atoms with Gasteiger partial charge in [-0.25, -0.2) is 0 Å². The molecule has 4 nitrogen and oxygen atoms in total. The zero-order valence-electron chi connectivity index (χ0n) is 13.0. The molecule has 0 unspecified atom stereocenters. The van der Waals surface area contributed by atoms with Gasteiger partial charge in [0.05, 0.1) is 6.54 Å². The van der Waals surface area contributed by atoms with Crippen molar-refractivity contribution in [1.82, 2.24) is 10.2 Å². The van der Waals surface area contributed by atoms with Crippen LogP contribution in [0, 0.1) is 23.7 Å². The smallest absolute Gasteiger partial charge is 0.234 e. The van der Waals surface area contributed by atoms with E-state index in [0.717, 1.165) is 49.6 Å². The lowest BCUT2D eigenvalue weighted by molar-refractivity contribution is -0.126. The van der Waals surface area contributed by atoms with Crippen molar-refractivity contribution in [2.45, 2.75) is 57.0 Å². The van der Waals surface area contributed by atoms with Gasteiger partial charge < -0.3 is 11.1 Å². The fraction of sp³-hybridized carbons (Fsp3) is 0.941. The number of nitrogens with two attached hydrogens (primary N) is 1. The highest BCUT2D eigenvalue weighted by atomic mass is 16.2. The van der Waals surface area contributed by atoms with Crippen LogP contribution in [0.5, 0.6) is 0 Å². The molecule has 4 heteroatoms. The number of carbonyl (C=O) groups is 1. The second-order valence-corrected chi connectivity index (χ2v) is 8.14. The Labute approximate surface area is 127 Å². The van der Waals surface area contributed by atoms with Gasteiger partial charge in [-0.2, -0.15) is 0 Å². The van der Waals surface area contributed by atoms with E-state index in [9.17, 15) is 4.79 Å². The minimum atomic E-state index is 0.253. The van der Waals surface area contributed by atoms with Crippen LogP contribution >= 0.6 is 0 Å². The summed E-state index contributed by atoms with van der Waals surface area (Å²) < 4.78 is 0. The maximum Gasteiger partial charge on any atom is 0.234 e. The monoisotopic (exact) mass is 291 g/mol. The van der Waals surface area contributed by atoms with Gasteiger partial charge in [-0.05, 0) is 68.6 Å². The third-order valence-corrected chi connectivity index (χ3v) is 6.55. The largest absolute Gasteiger partial charge is 0.352 e. The summed E-state index contributed by atoms with van der Waals surface area (Å²) in [6.45, 7) is 2.54. The first-order chi connectivity index (χ1) is 10.2. The summed E-state index contributed by atoms with van der Waals surface area (Å²) in [6, 6.07) is 0.825. The van der Waals surface area contributed by atoms with E-state index in [-0.39, 0.29) is 5.91 Å². The van der Waals surface area contributed by atoms with E-state index in [0.29, 0.717) is 18.6 Å². The van der Waals surface area contributed by atoms with Crippen LogP contribution in [0.15, 0.2) is 0 Å². The Morgan fingerprint density at radius 3 is 2.14 bits per heavy atom. The van der Waals surface area contributed by atoms with Gasteiger partial charge >= 0.3 is 0 Å². The summed E-state index contributed by atoms with van der Waals surface area (Å²) in [5.41, 5.74) is 5.93. The fourth-order valence-electron chi connectivity index (χ4n) is 5.71. The highest BCUT2D eigenvalue weighted by Gasteiger charge is 2.48. The minimum absolute atomic E-state index is 0.253. The number of likely N-dealkylation sites (tertiary alicyclic amines) is 1. The topological polar surface area (TPSA) is 58.4 Å². The number of nitrogens with one attached hydrogen (secondary N) is 1. The molecule has 3 N–H and O–H groups in total. The maximum absolute atomic E-state index is 12.4. The number of hydrogen-bond acceptors (Lipinski definition) is 3. The molecule has 1 amide bonds. The number of nitrogens with zero attached hydrogens (tertiary/aromatic N) is 1. The highest BCUT2D eigenvalue weighted by Crippen LogP contribution is 2.53. The number of rotatable bonds is 3. The number of carbonyl (C=O) groups excluding carboxylic acids is 1. The van der Waals surface area contributed by atoms with Crippen LogP contribution in [0.1, 0.15) is 44.9 Å². The Bertz CT molecular complexity index is 375. The van der Waals surface area contributed by atoms with Gasteiger partial charge in [0, 0.05) is 25.2 Å². The molecular formula is C17H29N3O. The van der Waals surface area contributed by atoms with E-state index in [2.05, 4.69) is 10.2 Å². The summed E-state index contributed by atoms with van der Waals surface area (Å²) in [5, 5.41) is 3.41. The van der Waals surface area contributed by atoms with Gasteiger partial charge in [0.15, 0.2) is 0 Å². The SMILES string of the molecule is NC1CCN(CC(=O)NC2C3CC4CC(C3)CC2C4)CC1. The Hall–Kier alpha value is -0.610. The molecule has 5 fully saturated rings. The van der Waals surface area contributed by atoms with Gasteiger partial charge in [-0.15, -0.1) is 0 Å². The van der Waals surface area contributed by atoms with Crippen molar-refractivity contribution in [2.75, 3.05) is 19.6 Å². The molecule has 4 bridgehead atoms. The third kappa shape index (κ3) is 2.85. The van der Waals surface area contributed by atoms with Crippen molar-refractivity contribution < 1.29 is 4.79 Å². The molecule has 5 aliphatic rings. The van der Waals surface area contributed by atoms with E-state index >= 15 is 0 Å². The van der Waals surface area contributed by atoms with Crippen molar-refractivity contribution in [3.05, 3.63) is 0 Å². The lowest BCUT2D eigenvalue weighted by Gasteiger charge is -2.54. The van der Waals surface area contributed by atoms with Crippen LogP contribution in [0.2, 0.25) is 0 Å². The van der Waals surface area contributed by atoms with Crippen LogP contribution in [0.25, 0.3) is 0 Å². The predicted octanol–water partition coefficient (Wildman–Crippen LogP) is 1.35. The Kier molecular flexibility index (Phi) is 3.70. The highest BCUT2D eigenvalue weighted by molar-refractivity contribution is 5.78. The second-order valence-electron chi connectivity index (χ2n) is 8.14.